The van der Waals surface area contributed by atoms with Crippen molar-refractivity contribution in [3.8, 4) is 22.7 Å². The Kier molecular flexibility index (Phi) is 7.46. The maximum absolute atomic E-state index is 12.9. The second-order valence-electron chi connectivity index (χ2n) is 9.26. The van der Waals surface area contributed by atoms with Crippen LogP contribution in [0.15, 0.2) is 77.3 Å². The first-order chi connectivity index (χ1) is 18.4. The molecule has 0 saturated carbocycles. The number of thioether (sulfide) groups is 1. The number of amidine groups is 1. The number of hydrogen-bond acceptors (Lipinski definition) is 6. The molecule has 2 aromatic carbocycles. The summed E-state index contributed by atoms with van der Waals surface area (Å²) in [6, 6.07) is 15.7. The van der Waals surface area contributed by atoms with Crippen LogP contribution in [0.1, 0.15) is 24.0 Å². The smallest absolute Gasteiger partial charge is 0.286 e. The Balaban J connectivity index is 1.45. The summed E-state index contributed by atoms with van der Waals surface area (Å²) in [4.78, 5) is 31.3. The number of nitrogens with two attached hydrogens (primary N) is 1. The number of amides is 2. The van der Waals surface area contributed by atoms with E-state index in [0.717, 1.165) is 33.8 Å². The predicted octanol–water partition coefficient (Wildman–Crippen LogP) is 4.58. The molecule has 0 bridgehead atoms. The molecule has 8 nitrogen and oxygen atoms in total. The van der Waals surface area contributed by atoms with Gasteiger partial charge in [-0.15, -0.1) is 0 Å². The second kappa shape index (κ2) is 11.1. The third-order valence-corrected chi connectivity index (χ3v) is 7.69. The van der Waals surface area contributed by atoms with Crippen molar-refractivity contribution in [2.75, 3.05) is 19.7 Å². The Bertz CT molecular complexity index is 1440. The summed E-state index contributed by atoms with van der Waals surface area (Å²) in [6.45, 7) is 7.45. The van der Waals surface area contributed by atoms with E-state index in [4.69, 9.17) is 15.6 Å². The standard InChI is InChI=1S/C29H29N5O3S/c1-3-15-37-23-9-10-24(19(2)16-23)26-21(18-34(32-26)22-7-5-4-6-8-22)17-25-28(36)31-29(38-25)33-13-11-20(12-14-33)27(30)35/h3-10,16-18,20H,1,11-15H2,2H3,(H2,30,35)/b25-17+. The lowest BCUT2D eigenvalue weighted by molar-refractivity contribution is -0.123. The molecule has 2 aliphatic rings. The summed E-state index contributed by atoms with van der Waals surface area (Å²) in [5.41, 5.74) is 9.91. The molecule has 0 radical (unpaired) electrons. The van der Waals surface area contributed by atoms with Crippen LogP contribution in [0.2, 0.25) is 0 Å². The van der Waals surface area contributed by atoms with Gasteiger partial charge in [0.2, 0.25) is 5.91 Å². The summed E-state index contributed by atoms with van der Waals surface area (Å²) in [7, 11) is 0. The highest BCUT2D eigenvalue weighted by Gasteiger charge is 2.31. The van der Waals surface area contributed by atoms with Crippen molar-refractivity contribution in [2.45, 2.75) is 19.8 Å². The Hall–Kier alpha value is -4.11. The van der Waals surface area contributed by atoms with Crippen molar-refractivity contribution >= 4 is 34.8 Å². The lowest BCUT2D eigenvalue weighted by atomic mass is 9.97. The molecule has 1 fully saturated rings. The van der Waals surface area contributed by atoms with Gasteiger partial charge in [-0.2, -0.15) is 10.1 Å². The number of carbonyl (C=O) groups excluding carboxylic acids is 2. The van der Waals surface area contributed by atoms with E-state index in [1.54, 1.807) is 6.08 Å². The average molecular weight is 528 g/mol. The third kappa shape index (κ3) is 5.43. The van der Waals surface area contributed by atoms with Gasteiger partial charge in [-0.25, -0.2) is 4.68 Å². The first-order valence-electron chi connectivity index (χ1n) is 12.5. The molecule has 38 heavy (non-hydrogen) atoms. The fourth-order valence-electron chi connectivity index (χ4n) is 4.59. The van der Waals surface area contributed by atoms with Crippen LogP contribution >= 0.6 is 11.8 Å². The number of benzene rings is 2. The molecule has 0 aliphatic carbocycles. The van der Waals surface area contributed by atoms with Crippen molar-refractivity contribution < 1.29 is 14.3 Å². The van der Waals surface area contributed by atoms with Gasteiger partial charge in [0.1, 0.15) is 18.1 Å². The summed E-state index contributed by atoms with van der Waals surface area (Å²) in [6.07, 6.45) is 6.85. The number of aryl methyl sites for hydroxylation is 1. The molecule has 0 atom stereocenters. The zero-order valence-corrected chi connectivity index (χ0v) is 22.0. The SMILES string of the molecule is C=CCOc1ccc(-c2nn(-c3ccccc3)cc2/C=C2/SC(N3CCC(C(N)=O)CC3)=NC2=O)c(C)c1. The minimum absolute atomic E-state index is 0.118. The highest BCUT2D eigenvalue weighted by Crippen LogP contribution is 2.35. The maximum Gasteiger partial charge on any atom is 0.286 e. The van der Waals surface area contributed by atoms with Gasteiger partial charge in [-0.05, 0) is 73.5 Å². The van der Waals surface area contributed by atoms with Gasteiger partial charge in [0.05, 0.1) is 10.6 Å². The number of likely N-dealkylation sites (tertiary alicyclic amines) is 1. The molecule has 2 amide bonds. The Morgan fingerprint density at radius 1 is 1.21 bits per heavy atom. The van der Waals surface area contributed by atoms with Gasteiger partial charge >= 0.3 is 0 Å². The fourth-order valence-corrected chi connectivity index (χ4v) is 5.55. The van der Waals surface area contributed by atoms with E-state index in [1.807, 2.05) is 72.4 Å². The zero-order chi connectivity index (χ0) is 26.6. The van der Waals surface area contributed by atoms with E-state index >= 15 is 0 Å². The lowest BCUT2D eigenvalue weighted by Gasteiger charge is -2.31. The van der Waals surface area contributed by atoms with Gasteiger partial charge in [-0.3, -0.25) is 9.59 Å². The van der Waals surface area contributed by atoms with Crippen molar-refractivity contribution in [3.05, 3.63) is 83.4 Å². The van der Waals surface area contributed by atoms with Crippen LogP contribution in [0, 0.1) is 12.8 Å². The third-order valence-electron chi connectivity index (χ3n) is 6.65. The van der Waals surface area contributed by atoms with Crippen molar-refractivity contribution in [1.29, 1.82) is 0 Å². The first-order valence-corrected chi connectivity index (χ1v) is 13.3. The second-order valence-corrected chi connectivity index (χ2v) is 10.3. The number of rotatable bonds is 7. The average Bonchev–Trinajstić information content (AvgIpc) is 3.51. The fraction of sp³-hybridized carbons (Fsp3) is 0.241. The van der Waals surface area contributed by atoms with Crippen LogP contribution in [-0.4, -0.2) is 51.4 Å². The number of aromatic nitrogens is 2. The van der Waals surface area contributed by atoms with E-state index in [2.05, 4.69) is 16.5 Å². The van der Waals surface area contributed by atoms with Crippen molar-refractivity contribution in [3.63, 3.8) is 0 Å². The summed E-state index contributed by atoms with van der Waals surface area (Å²) in [5, 5.41) is 5.57. The van der Waals surface area contributed by atoms with Crippen LogP contribution in [0.5, 0.6) is 5.75 Å². The molecule has 2 aliphatic heterocycles. The monoisotopic (exact) mass is 527 g/mol. The normalized spacial score (nSPS) is 17.1. The van der Waals surface area contributed by atoms with Crippen LogP contribution < -0.4 is 10.5 Å². The Labute approximate surface area is 225 Å². The number of aliphatic imine (C=N–C) groups is 1. The van der Waals surface area contributed by atoms with Gasteiger partial charge < -0.3 is 15.4 Å². The molecular formula is C29H29N5O3S. The Morgan fingerprint density at radius 2 is 1.97 bits per heavy atom. The number of carbonyl (C=O) groups is 2. The van der Waals surface area contributed by atoms with E-state index in [-0.39, 0.29) is 17.7 Å². The largest absolute Gasteiger partial charge is 0.490 e. The van der Waals surface area contributed by atoms with Crippen LogP contribution in [0.3, 0.4) is 0 Å². The molecule has 2 N–H and O–H groups in total. The molecule has 3 heterocycles. The molecule has 9 heteroatoms. The van der Waals surface area contributed by atoms with Crippen LogP contribution in [0.4, 0.5) is 0 Å². The maximum atomic E-state index is 12.9. The summed E-state index contributed by atoms with van der Waals surface area (Å²) < 4.78 is 7.52. The van der Waals surface area contributed by atoms with E-state index < -0.39 is 0 Å². The highest BCUT2D eigenvalue weighted by molar-refractivity contribution is 8.18. The molecule has 1 saturated heterocycles. The molecule has 3 aromatic rings. The minimum Gasteiger partial charge on any atom is -0.490 e. The number of piperidine rings is 1. The van der Waals surface area contributed by atoms with Gasteiger partial charge in [0.15, 0.2) is 5.17 Å². The zero-order valence-electron chi connectivity index (χ0n) is 21.2. The lowest BCUT2D eigenvalue weighted by Crippen LogP contribution is -2.40. The predicted molar refractivity (Wildman–Crippen MR) is 151 cm³/mol. The van der Waals surface area contributed by atoms with Crippen molar-refractivity contribution in [1.82, 2.24) is 14.7 Å². The number of nitrogens with zero attached hydrogens (tertiary/aromatic N) is 4. The number of ether oxygens (including phenoxy) is 1. The quantitative estimate of drug-likeness (QED) is 0.356. The van der Waals surface area contributed by atoms with Gasteiger partial charge in [0.25, 0.3) is 5.91 Å². The molecule has 194 valence electrons. The molecule has 5 rings (SSSR count). The number of para-hydroxylation sites is 1. The van der Waals surface area contributed by atoms with Gasteiger partial charge in [-0.1, -0.05) is 30.9 Å². The molecule has 1 aromatic heterocycles. The van der Waals surface area contributed by atoms with E-state index in [1.165, 1.54) is 11.8 Å². The Morgan fingerprint density at radius 3 is 2.66 bits per heavy atom. The molecule has 0 spiro atoms. The topological polar surface area (TPSA) is 103 Å². The summed E-state index contributed by atoms with van der Waals surface area (Å²) >= 11 is 1.36. The van der Waals surface area contributed by atoms with Crippen LogP contribution in [0.25, 0.3) is 23.0 Å². The molecular weight excluding hydrogens is 498 g/mol. The molecule has 0 unspecified atom stereocenters. The summed E-state index contributed by atoms with van der Waals surface area (Å²) in [5.74, 6) is 0.103. The van der Waals surface area contributed by atoms with E-state index in [0.29, 0.717) is 42.6 Å². The number of primary amides is 1. The highest BCUT2D eigenvalue weighted by atomic mass is 32.2. The number of hydrogen-bond donors (Lipinski definition) is 1. The van der Waals surface area contributed by atoms with Crippen LogP contribution in [-0.2, 0) is 9.59 Å². The van der Waals surface area contributed by atoms with E-state index in [9.17, 15) is 9.59 Å². The van der Waals surface area contributed by atoms with Crippen molar-refractivity contribution in [2.24, 2.45) is 16.6 Å². The minimum atomic E-state index is -0.273. The first kappa shape index (κ1) is 25.5. The van der Waals surface area contributed by atoms with Gasteiger partial charge in [0, 0.05) is 36.3 Å².